The van der Waals surface area contributed by atoms with Crippen LogP contribution in [0.2, 0.25) is 0 Å². The summed E-state index contributed by atoms with van der Waals surface area (Å²) in [6.45, 7) is 3.69. The van der Waals surface area contributed by atoms with E-state index < -0.39 is 11.0 Å². The highest BCUT2D eigenvalue weighted by atomic mass is 32.2. The lowest BCUT2D eigenvalue weighted by Gasteiger charge is -2.03. The summed E-state index contributed by atoms with van der Waals surface area (Å²) in [5.74, 6) is 0.337. The van der Waals surface area contributed by atoms with Gasteiger partial charge in [0.2, 0.25) is 0 Å². The lowest BCUT2D eigenvalue weighted by molar-refractivity contribution is 0.511. The van der Waals surface area contributed by atoms with Gasteiger partial charge in [-0.05, 0) is 34.9 Å². The van der Waals surface area contributed by atoms with Crippen molar-refractivity contribution < 1.29 is 12.6 Å². The molecule has 0 fully saturated rings. The van der Waals surface area contributed by atoms with E-state index in [1.54, 1.807) is 12.1 Å². The lowest BCUT2D eigenvalue weighted by Crippen LogP contribution is -1.89. The van der Waals surface area contributed by atoms with Crippen molar-refractivity contribution in [3.8, 4) is 5.75 Å². The third-order valence-electron chi connectivity index (χ3n) is 2.44. The molecule has 0 saturated heterocycles. The SMILES string of the molecule is C=CCc1ccc2ccc(O[SH](=O)=O)cc2c1. The van der Waals surface area contributed by atoms with Crippen LogP contribution in [0, 0.1) is 0 Å². The number of hydrogen-bond donors (Lipinski definition) is 1. The molecule has 0 radical (unpaired) electrons. The standard InChI is InChI=1S/C13H12O3S/c1-2-3-10-4-5-11-6-7-13(16-17(14)15)9-12(11)8-10/h2,4-9,17H,1,3H2. The summed E-state index contributed by atoms with van der Waals surface area (Å²) in [4.78, 5) is 0. The van der Waals surface area contributed by atoms with Gasteiger partial charge < -0.3 is 4.18 Å². The molecule has 0 N–H and O–H groups in total. The number of benzene rings is 2. The smallest absolute Gasteiger partial charge is 0.299 e. The lowest BCUT2D eigenvalue weighted by atomic mass is 10.0. The first kappa shape index (κ1) is 11.7. The van der Waals surface area contributed by atoms with Crippen molar-refractivity contribution in [1.29, 1.82) is 0 Å². The van der Waals surface area contributed by atoms with Crippen LogP contribution >= 0.6 is 0 Å². The number of allylic oxidation sites excluding steroid dienone is 1. The fourth-order valence-electron chi connectivity index (χ4n) is 1.71. The molecule has 17 heavy (non-hydrogen) atoms. The molecule has 88 valence electrons. The normalized spacial score (nSPS) is 10.6. The Bertz CT molecular complexity index is 622. The molecule has 0 aliphatic carbocycles. The Kier molecular flexibility index (Phi) is 3.44. The highest BCUT2D eigenvalue weighted by Gasteiger charge is 1.99. The molecule has 0 aromatic heterocycles. The Balaban J connectivity index is 2.46. The van der Waals surface area contributed by atoms with E-state index in [0.717, 1.165) is 22.8 Å². The van der Waals surface area contributed by atoms with Crippen LogP contribution in [0.5, 0.6) is 5.75 Å². The maximum absolute atomic E-state index is 10.5. The van der Waals surface area contributed by atoms with Crippen molar-refractivity contribution in [3.63, 3.8) is 0 Å². The molecule has 0 atom stereocenters. The van der Waals surface area contributed by atoms with Gasteiger partial charge in [0.25, 0.3) is 11.0 Å². The van der Waals surface area contributed by atoms with Crippen LogP contribution in [0.3, 0.4) is 0 Å². The summed E-state index contributed by atoms with van der Waals surface area (Å²) in [5, 5.41) is 2.00. The molecule has 2 rings (SSSR count). The molecule has 0 aliphatic heterocycles. The van der Waals surface area contributed by atoms with E-state index in [1.807, 2.05) is 30.3 Å². The highest BCUT2D eigenvalue weighted by Crippen LogP contribution is 2.22. The second-order valence-electron chi connectivity index (χ2n) is 3.65. The summed E-state index contributed by atoms with van der Waals surface area (Å²) < 4.78 is 25.6. The largest absolute Gasteiger partial charge is 0.384 e. The maximum atomic E-state index is 10.5. The Labute approximate surface area is 101 Å². The minimum Gasteiger partial charge on any atom is -0.384 e. The first-order valence-electron chi connectivity index (χ1n) is 5.15. The molecule has 0 bridgehead atoms. The molecule has 0 saturated carbocycles. The Morgan fingerprint density at radius 3 is 2.59 bits per heavy atom. The fourth-order valence-corrected chi connectivity index (χ4v) is 2.00. The second-order valence-corrected chi connectivity index (χ2v) is 4.28. The van der Waals surface area contributed by atoms with E-state index in [2.05, 4.69) is 10.8 Å². The molecule has 0 heterocycles. The van der Waals surface area contributed by atoms with Gasteiger partial charge in [-0.25, -0.2) is 0 Å². The average Bonchev–Trinajstić information content (AvgIpc) is 2.28. The zero-order chi connectivity index (χ0) is 12.3. The Morgan fingerprint density at radius 2 is 1.88 bits per heavy atom. The Morgan fingerprint density at radius 1 is 1.12 bits per heavy atom. The zero-order valence-corrected chi connectivity index (χ0v) is 10.0. The summed E-state index contributed by atoms with van der Waals surface area (Å²) >= 11 is 0. The fraction of sp³-hybridized carbons (Fsp3) is 0.0769. The van der Waals surface area contributed by atoms with Crippen LogP contribution in [0.25, 0.3) is 10.8 Å². The highest BCUT2D eigenvalue weighted by molar-refractivity contribution is 7.67. The van der Waals surface area contributed by atoms with Crippen LogP contribution in [-0.4, -0.2) is 8.42 Å². The van der Waals surface area contributed by atoms with Gasteiger partial charge in [-0.3, -0.25) is 0 Å². The van der Waals surface area contributed by atoms with Crippen LogP contribution in [0.1, 0.15) is 5.56 Å². The van der Waals surface area contributed by atoms with E-state index in [4.69, 9.17) is 0 Å². The number of thiol groups is 1. The van der Waals surface area contributed by atoms with Gasteiger partial charge in [-0.1, -0.05) is 30.3 Å². The third kappa shape index (κ3) is 2.85. The van der Waals surface area contributed by atoms with Gasteiger partial charge in [0.15, 0.2) is 0 Å². The summed E-state index contributed by atoms with van der Waals surface area (Å²) in [6.07, 6.45) is 2.62. The topological polar surface area (TPSA) is 43.4 Å². The summed E-state index contributed by atoms with van der Waals surface area (Å²) in [5.41, 5.74) is 1.14. The van der Waals surface area contributed by atoms with E-state index in [1.165, 1.54) is 0 Å². The van der Waals surface area contributed by atoms with Crippen LogP contribution in [0.15, 0.2) is 49.1 Å². The van der Waals surface area contributed by atoms with Gasteiger partial charge in [0.05, 0.1) is 0 Å². The van der Waals surface area contributed by atoms with Crippen LogP contribution in [-0.2, 0) is 17.4 Å². The van der Waals surface area contributed by atoms with Gasteiger partial charge in [-0.2, -0.15) is 8.42 Å². The quantitative estimate of drug-likeness (QED) is 0.667. The maximum Gasteiger partial charge on any atom is 0.299 e. The van der Waals surface area contributed by atoms with Crippen LogP contribution in [0.4, 0.5) is 0 Å². The monoisotopic (exact) mass is 248 g/mol. The molecule has 3 nitrogen and oxygen atoms in total. The summed E-state index contributed by atoms with van der Waals surface area (Å²) in [6, 6.07) is 11.2. The second kappa shape index (κ2) is 5.01. The average molecular weight is 248 g/mol. The first-order chi connectivity index (χ1) is 8.19. The molecule has 2 aromatic rings. The summed E-state index contributed by atoms with van der Waals surface area (Å²) in [7, 11) is -2.86. The molecule has 0 spiro atoms. The van der Waals surface area contributed by atoms with E-state index >= 15 is 0 Å². The van der Waals surface area contributed by atoms with E-state index in [9.17, 15) is 8.42 Å². The predicted molar refractivity (Wildman–Crippen MR) is 68.8 cm³/mol. The van der Waals surface area contributed by atoms with Crippen molar-refractivity contribution in [2.24, 2.45) is 0 Å². The van der Waals surface area contributed by atoms with Gasteiger partial charge >= 0.3 is 0 Å². The Hall–Kier alpha value is -1.81. The zero-order valence-electron chi connectivity index (χ0n) is 9.13. The van der Waals surface area contributed by atoms with Gasteiger partial charge in [0.1, 0.15) is 5.75 Å². The number of fused-ring (bicyclic) bond motifs is 1. The molecular formula is C13H12O3S. The van der Waals surface area contributed by atoms with E-state index in [0.29, 0.717) is 5.75 Å². The number of rotatable bonds is 4. The van der Waals surface area contributed by atoms with Crippen molar-refractivity contribution in [2.75, 3.05) is 0 Å². The molecular weight excluding hydrogens is 236 g/mol. The molecule has 2 aromatic carbocycles. The van der Waals surface area contributed by atoms with Gasteiger partial charge in [-0.15, -0.1) is 6.58 Å². The molecule has 0 amide bonds. The number of hydrogen-bond acceptors (Lipinski definition) is 3. The van der Waals surface area contributed by atoms with Crippen molar-refractivity contribution >= 4 is 21.8 Å². The molecule has 4 heteroatoms. The predicted octanol–water partition coefficient (Wildman–Crippen LogP) is 2.47. The minimum atomic E-state index is -2.86. The molecule has 0 unspecified atom stereocenters. The van der Waals surface area contributed by atoms with E-state index in [-0.39, 0.29) is 0 Å². The third-order valence-corrected chi connectivity index (χ3v) is 2.80. The first-order valence-corrected chi connectivity index (χ1v) is 6.24. The minimum absolute atomic E-state index is 0.337. The van der Waals surface area contributed by atoms with Crippen molar-refractivity contribution in [2.45, 2.75) is 6.42 Å². The van der Waals surface area contributed by atoms with Crippen LogP contribution < -0.4 is 4.18 Å². The molecule has 0 aliphatic rings. The van der Waals surface area contributed by atoms with Gasteiger partial charge in [0, 0.05) is 0 Å². The van der Waals surface area contributed by atoms with Crippen molar-refractivity contribution in [1.82, 2.24) is 0 Å². The van der Waals surface area contributed by atoms with Crippen molar-refractivity contribution in [3.05, 3.63) is 54.6 Å².